The van der Waals surface area contributed by atoms with Crippen LogP contribution in [0.3, 0.4) is 0 Å². The van der Waals surface area contributed by atoms with Crippen molar-refractivity contribution in [3.63, 3.8) is 0 Å². The van der Waals surface area contributed by atoms with Gasteiger partial charge < -0.3 is 9.84 Å². The highest BCUT2D eigenvalue weighted by atomic mass is 32.1. The van der Waals surface area contributed by atoms with Crippen LogP contribution in [-0.4, -0.2) is 41.2 Å². The number of hydrogen-bond donors (Lipinski definition) is 1. The summed E-state index contributed by atoms with van der Waals surface area (Å²) in [5.41, 5.74) is 0. The molecule has 104 valence electrons. The Morgan fingerprint density at radius 1 is 1.30 bits per heavy atom. The van der Waals surface area contributed by atoms with Crippen molar-refractivity contribution >= 4 is 32.1 Å². The van der Waals surface area contributed by atoms with Gasteiger partial charge in [-0.3, -0.25) is 4.90 Å². The topological polar surface area (TPSA) is 54.2 Å². The molecule has 0 bridgehead atoms. The van der Waals surface area contributed by atoms with E-state index in [-0.39, 0.29) is 0 Å². The number of nitrogens with zero attached hydrogens (tertiary/aromatic N) is 3. The molecule has 1 aliphatic heterocycles. The lowest BCUT2D eigenvalue weighted by molar-refractivity contribution is 0.225. The molecule has 4 heterocycles. The van der Waals surface area contributed by atoms with Crippen molar-refractivity contribution in [2.75, 3.05) is 26.2 Å². The smallest absolute Gasteiger partial charge is 0.268 e. The maximum absolute atomic E-state index is 5.40. The molecule has 1 N–H and O–H groups in total. The molecule has 0 atom stereocenters. The van der Waals surface area contributed by atoms with Crippen molar-refractivity contribution in [2.45, 2.75) is 6.54 Å². The minimum atomic E-state index is 0.642. The van der Waals surface area contributed by atoms with Gasteiger partial charge in [0.1, 0.15) is 0 Å². The molecule has 0 aliphatic carbocycles. The van der Waals surface area contributed by atoms with Gasteiger partial charge in [0, 0.05) is 35.6 Å². The molecule has 3 aromatic rings. The average Bonchev–Trinajstić information content (AvgIpc) is 3.13. The summed E-state index contributed by atoms with van der Waals surface area (Å²) >= 11 is 3.45. The van der Waals surface area contributed by atoms with Crippen LogP contribution in [0.5, 0.6) is 0 Å². The molecule has 5 nitrogen and oxygen atoms in total. The van der Waals surface area contributed by atoms with Crippen LogP contribution < -0.4 is 5.32 Å². The zero-order valence-corrected chi connectivity index (χ0v) is 12.5. The lowest BCUT2D eigenvalue weighted by Gasteiger charge is -2.25. The van der Waals surface area contributed by atoms with E-state index in [1.165, 1.54) is 9.40 Å². The standard InChI is InChI=1S/C13H14N4OS2/c1-6-19-10-7-11(20-9(1)10)13-15-12(16-18-13)8-17-4-2-14-3-5-17/h1,6-7,14H,2-5,8H2. The van der Waals surface area contributed by atoms with Crippen molar-refractivity contribution in [3.05, 3.63) is 23.3 Å². The van der Waals surface area contributed by atoms with Crippen LogP contribution in [0, 0.1) is 0 Å². The van der Waals surface area contributed by atoms with Crippen LogP contribution in [0.15, 0.2) is 22.0 Å². The van der Waals surface area contributed by atoms with Gasteiger partial charge in [-0.1, -0.05) is 5.16 Å². The predicted molar refractivity (Wildman–Crippen MR) is 81.1 cm³/mol. The van der Waals surface area contributed by atoms with Crippen molar-refractivity contribution < 1.29 is 4.52 Å². The molecule has 0 amide bonds. The molecular formula is C13H14N4OS2. The molecule has 0 saturated carbocycles. The predicted octanol–water partition coefficient (Wildman–Crippen LogP) is 2.42. The number of thiophene rings is 2. The van der Waals surface area contributed by atoms with Crippen molar-refractivity contribution in [1.82, 2.24) is 20.4 Å². The van der Waals surface area contributed by atoms with Crippen LogP contribution in [0.25, 0.3) is 20.2 Å². The molecule has 4 rings (SSSR count). The molecule has 0 unspecified atom stereocenters. The fourth-order valence-corrected chi connectivity index (χ4v) is 4.39. The first-order valence-corrected chi connectivity index (χ1v) is 8.31. The number of nitrogens with one attached hydrogen (secondary N) is 1. The van der Waals surface area contributed by atoms with Crippen LogP contribution >= 0.6 is 22.7 Å². The van der Waals surface area contributed by atoms with E-state index in [1.807, 2.05) is 0 Å². The van der Waals surface area contributed by atoms with Gasteiger partial charge in [-0.25, -0.2) is 0 Å². The zero-order valence-electron chi connectivity index (χ0n) is 10.8. The average molecular weight is 306 g/mol. The molecule has 3 aromatic heterocycles. The number of rotatable bonds is 3. The van der Waals surface area contributed by atoms with E-state index in [0.29, 0.717) is 5.89 Å². The highest BCUT2D eigenvalue weighted by molar-refractivity contribution is 7.28. The first-order valence-electron chi connectivity index (χ1n) is 6.61. The first-order chi connectivity index (χ1) is 9.88. The SMILES string of the molecule is c1cc2sc(-c3nc(CN4CCNCC4)no3)cc2s1. The Balaban J connectivity index is 1.53. The maximum Gasteiger partial charge on any atom is 0.268 e. The fraction of sp³-hybridized carbons (Fsp3) is 0.385. The van der Waals surface area contributed by atoms with E-state index in [9.17, 15) is 0 Å². The molecule has 1 fully saturated rings. The molecule has 0 aromatic carbocycles. The molecule has 20 heavy (non-hydrogen) atoms. The second-order valence-electron chi connectivity index (χ2n) is 4.80. The number of piperazine rings is 1. The Labute approximate surface area is 124 Å². The highest BCUT2D eigenvalue weighted by Gasteiger charge is 2.16. The Morgan fingerprint density at radius 2 is 2.20 bits per heavy atom. The van der Waals surface area contributed by atoms with Gasteiger partial charge in [0.25, 0.3) is 5.89 Å². The van der Waals surface area contributed by atoms with Crippen LogP contribution in [0.1, 0.15) is 5.82 Å². The van der Waals surface area contributed by atoms with E-state index >= 15 is 0 Å². The Morgan fingerprint density at radius 3 is 3.05 bits per heavy atom. The second-order valence-corrected chi connectivity index (χ2v) is 6.83. The van der Waals surface area contributed by atoms with Gasteiger partial charge in [-0.2, -0.15) is 4.98 Å². The van der Waals surface area contributed by atoms with Gasteiger partial charge in [-0.15, -0.1) is 22.7 Å². The fourth-order valence-electron chi connectivity index (χ4n) is 2.36. The Bertz CT molecular complexity index is 682. The summed E-state index contributed by atoms with van der Waals surface area (Å²) in [5.74, 6) is 1.42. The summed E-state index contributed by atoms with van der Waals surface area (Å²) in [4.78, 5) is 7.93. The summed E-state index contributed by atoms with van der Waals surface area (Å²) in [7, 11) is 0. The lowest BCUT2D eigenvalue weighted by atomic mass is 10.3. The van der Waals surface area contributed by atoms with E-state index < -0.39 is 0 Å². The largest absolute Gasteiger partial charge is 0.333 e. The van der Waals surface area contributed by atoms with E-state index in [1.54, 1.807) is 22.7 Å². The lowest BCUT2D eigenvalue weighted by Crippen LogP contribution is -2.43. The summed E-state index contributed by atoms with van der Waals surface area (Å²) < 4.78 is 7.97. The molecular weight excluding hydrogens is 292 g/mol. The van der Waals surface area contributed by atoms with Crippen molar-refractivity contribution in [2.24, 2.45) is 0 Å². The third-order valence-electron chi connectivity index (χ3n) is 3.39. The second kappa shape index (κ2) is 5.25. The van der Waals surface area contributed by atoms with Crippen LogP contribution in [0.4, 0.5) is 0 Å². The minimum Gasteiger partial charge on any atom is -0.333 e. The molecule has 0 radical (unpaired) electrons. The molecule has 7 heteroatoms. The number of hydrogen-bond acceptors (Lipinski definition) is 7. The van der Waals surface area contributed by atoms with E-state index in [4.69, 9.17) is 4.52 Å². The quantitative estimate of drug-likeness (QED) is 0.805. The van der Waals surface area contributed by atoms with E-state index in [2.05, 4.69) is 37.9 Å². The summed E-state index contributed by atoms with van der Waals surface area (Å²) in [6.07, 6.45) is 0. The van der Waals surface area contributed by atoms with Crippen molar-refractivity contribution in [1.29, 1.82) is 0 Å². The zero-order chi connectivity index (χ0) is 13.4. The summed E-state index contributed by atoms with van der Waals surface area (Å²) in [6.45, 7) is 4.92. The Kier molecular flexibility index (Phi) is 3.27. The van der Waals surface area contributed by atoms with Crippen LogP contribution in [-0.2, 0) is 6.54 Å². The normalized spacial score (nSPS) is 17.0. The van der Waals surface area contributed by atoms with Gasteiger partial charge in [0.05, 0.1) is 11.4 Å². The number of aromatic nitrogens is 2. The monoisotopic (exact) mass is 306 g/mol. The van der Waals surface area contributed by atoms with Gasteiger partial charge in [-0.05, 0) is 17.5 Å². The third kappa shape index (κ3) is 2.37. The maximum atomic E-state index is 5.40. The van der Waals surface area contributed by atoms with Gasteiger partial charge >= 0.3 is 0 Å². The van der Waals surface area contributed by atoms with Crippen molar-refractivity contribution in [3.8, 4) is 10.8 Å². The molecule has 1 aliphatic rings. The highest BCUT2D eigenvalue weighted by Crippen LogP contribution is 2.35. The minimum absolute atomic E-state index is 0.642. The van der Waals surface area contributed by atoms with Gasteiger partial charge in [0.2, 0.25) is 0 Å². The first kappa shape index (κ1) is 12.5. The van der Waals surface area contributed by atoms with Gasteiger partial charge in [0.15, 0.2) is 5.82 Å². The molecule has 1 saturated heterocycles. The molecule has 0 spiro atoms. The number of fused-ring (bicyclic) bond motifs is 1. The van der Waals surface area contributed by atoms with E-state index in [0.717, 1.165) is 43.4 Å². The van der Waals surface area contributed by atoms with Crippen LogP contribution in [0.2, 0.25) is 0 Å². The summed E-state index contributed by atoms with van der Waals surface area (Å²) in [5, 5.41) is 9.55. The third-order valence-corrected chi connectivity index (χ3v) is 5.47. The Hall–Kier alpha value is -1.28. The summed E-state index contributed by atoms with van der Waals surface area (Å²) in [6, 6.07) is 4.26.